The van der Waals surface area contributed by atoms with Crippen LogP contribution in [-0.4, -0.2) is 63.9 Å². The molecule has 9 heteroatoms. The van der Waals surface area contributed by atoms with Crippen LogP contribution in [0.25, 0.3) is 0 Å². The molecule has 0 saturated carbocycles. The molecule has 0 fully saturated rings. The lowest BCUT2D eigenvalue weighted by Crippen LogP contribution is -2.42. The van der Waals surface area contributed by atoms with Gasteiger partial charge in [-0.1, -0.05) is 12.1 Å². The minimum Gasteiger partial charge on any atom is -0.357 e. The Hall–Kier alpha value is -1.36. The molecule has 1 atom stereocenters. The monoisotopic (exact) mass is 510 g/mol. The van der Waals surface area contributed by atoms with Gasteiger partial charge in [-0.25, -0.2) is 13.4 Å². The molecule has 0 aliphatic rings. The summed E-state index contributed by atoms with van der Waals surface area (Å²) in [6.45, 7) is 5.07. The third-order valence-corrected chi connectivity index (χ3v) is 4.65. The minimum atomic E-state index is -2.97. The van der Waals surface area contributed by atoms with E-state index >= 15 is 0 Å². The van der Waals surface area contributed by atoms with E-state index in [9.17, 15) is 13.2 Å². The first-order valence-electron chi connectivity index (χ1n) is 8.65. The summed E-state index contributed by atoms with van der Waals surface area (Å²) >= 11 is 0. The van der Waals surface area contributed by atoms with Crippen molar-refractivity contribution in [3.8, 4) is 0 Å². The summed E-state index contributed by atoms with van der Waals surface area (Å²) in [6, 6.07) is 7.35. The van der Waals surface area contributed by atoms with Crippen molar-refractivity contribution in [3.63, 3.8) is 0 Å². The third kappa shape index (κ3) is 10.5. The molecule has 154 valence electrons. The van der Waals surface area contributed by atoms with E-state index in [2.05, 4.69) is 15.6 Å². The molecule has 27 heavy (non-hydrogen) atoms. The number of halogens is 1. The fourth-order valence-electron chi connectivity index (χ4n) is 2.20. The first kappa shape index (κ1) is 25.6. The average Bonchev–Trinajstić information content (AvgIpc) is 2.57. The lowest BCUT2D eigenvalue weighted by atomic mass is 10.1. The number of benzene rings is 1. The second kappa shape index (κ2) is 12.2. The normalized spacial score (nSPS) is 12.7. The van der Waals surface area contributed by atoms with Gasteiger partial charge in [0.25, 0.3) is 5.91 Å². The van der Waals surface area contributed by atoms with Crippen molar-refractivity contribution in [1.29, 1.82) is 0 Å². The summed E-state index contributed by atoms with van der Waals surface area (Å²) in [5.74, 6) is 0.749. The van der Waals surface area contributed by atoms with Gasteiger partial charge in [-0.15, -0.1) is 24.0 Å². The van der Waals surface area contributed by atoms with Crippen LogP contribution in [0.3, 0.4) is 0 Å². The predicted octanol–water partition coefficient (Wildman–Crippen LogP) is 1.88. The third-order valence-electron chi connectivity index (χ3n) is 3.68. The number of aliphatic imine (C=N–C) groups is 1. The van der Waals surface area contributed by atoms with Gasteiger partial charge in [0.1, 0.15) is 9.84 Å². The van der Waals surface area contributed by atoms with Crippen molar-refractivity contribution in [1.82, 2.24) is 15.5 Å². The smallest absolute Gasteiger partial charge is 0.253 e. The molecule has 0 radical (unpaired) electrons. The molecule has 1 rings (SSSR count). The molecule has 1 unspecified atom stereocenters. The van der Waals surface area contributed by atoms with Crippen molar-refractivity contribution in [3.05, 3.63) is 35.4 Å². The van der Waals surface area contributed by atoms with Crippen molar-refractivity contribution in [2.24, 2.45) is 4.99 Å². The van der Waals surface area contributed by atoms with E-state index in [1.807, 2.05) is 26.0 Å². The summed E-state index contributed by atoms with van der Waals surface area (Å²) in [6.07, 6.45) is 1.76. The molecule has 0 aromatic heterocycles. The largest absolute Gasteiger partial charge is 0.357 e. The van der Waals surface area contributed by atoms with Crippen LogP contribution in [0.2, 0.25) is 0 Å². The van der Waals surface area contributed by atoms with E-state index in [1.165, 1.54) is 11.2 Å². The number of hydrogen-bond acceptors (Lipinski definition) is 4. The van der Waals surface area contributed by atoms with Crippen LogP contribution in [0.1, 0.15) is 36.2 Å². The van der Waals surface area contributed by atoms with Crippen LogP contribution in [0.15, 0.2) is 29.3 Å². The first-order chi connectivity index (χ1) is 12.1. The zero-order valence-electron chi connectivity index (χ0n) is 16.7. The fraction of sp³-hybridized carbons (Fsp3) is 0.556. The van der Waals surface area contributed by atoms with Gasteiger partial charge in [-0.2, -0.15) is 0 Å². The highest BCUT2D eigenvalue weighted by Crippen LogP contribution is 2.07. The van der Waals surface area contributed by atoms with Crippen LogP contribution >= 0.6 is 24.0 Å². The topological polar surface area (TPSA) is 90.9 Å². The van der Waals surface area contributed by atoms with Gasteiger partial charge in [0.15, 0.2) is 5.96 Å². The molecular weight excluding hydrogens is 479 g/mol. The van der Waals surface area contributed by atoms with E-state index < -0.39 is 9.84 Å². The first-order valence-corrected chi connectivity index (χ1v) is 10.7. The summed E-state index contributed by atoms with van der Waals surface area (Å²) < 4.78 is 22.5. The van der Waals surface area contributed by atoms with Gasteiger partial charge in [-0.3, -0.25) is 4.79 Å². The Kier molecular flexibility index (Phi) is 11.6. The van der Waals surface area contributed by atoms with Crippen LogP contribution in [-0.2, 0) is 16.4 Å². The van der Waals surface area contributed by atoms with E-state index in [1.54, 1.807) is 26.2 Å². The molecule has 7 nitrogen and oxygen atoms in total. The maximum absolute atomic E-state index is 11.9. The van der Waals surface area contributed by atoms with Gasteiger partial charge < -0.3 is 15.5 Å². The highest BCUT2D eigenvalue weighted by molar-refractivity contribution is 14.0. The number of nitrogens with one attached hydrogen (secondary N) is 2. The number of carbonyl (C=O) groups excluding carboxylic acids is 1. The summed E-state index contributed by atoms with van der Waals surface area (Å²) in [5, 5.41) is 6.37. The van der Waals surface area contributed by atoms with E-state index in [-0.39, 0.29) is 41.7 Å². The van der Waals surface area contributed by atoms with Crippen LogP contribution in [0.4, 0.5) is 0 Å². The molecule has 0 aliphatic heterocycles. The Balaban J connectivity index is 0.00000676. The lowest BCUT2D eigenvalue weighted by Gasteiger charge is -2.17. The molecular formula is C18H31IN4O3S. The number of hydrogen-bond donors (Lipinski definition) is 2. The Morgan fingerprint density at radius 2 is 1.81 bits per heavy atom. The molecule has 0 heterocycles. The van der Waals surface area contributed by atoms with Gasteiger partial charge in [0.2, 0.25) is 0 Å². The summed E-state index contributed by atoms with van der Waals surface area (Å²) in [4.78, 5) is 18.0. The average molecular weight is 510 g/mol. The summed E-state index contributed by atoms with van der Waals surface area (Å²) in [5.41, 5.74) is 1.63. The number of guanidine groups is 1. The maximum Gasteiger partial charge on any atom is 0.253 e. The SMILES string of the molecule is CCNC(=NCc1ccc(C(=O)N(C)C)cc1)NC(C)CCS(C)(=O)=O.I. The number of carbonyl (C=O) groups is 1. The highest BCUT2D eigenvalue weighted by atomic mass is 127. The van der Waals surface area contributed by atoms with Crippen LogP contribution in [0, 0.1) is 0 Å². The van der Waals surface area contributed by atoms with E-state index in [0.717, 1.165) is 5.56 Å². The highest BCUT2D eigenvalue weighted by Gasteiger charge is 2.10. The molecule has 0 aliphatic carbocycles. The molecule has 1 aromatic rings. The Labute approximate surface area is 179 Å². The van der Waals surface area contributed by atoms with Crippen LogP contribution in [0.5, 0.6) is 0 Å². The molecule has 1 amide bonds. The van der Waals surface area contributed by atoms with Gasteiger partial charge >= 0.3 is 0 Å². The summed E-state index contributed by atoms with van der Waals surface area (Å²) in [7, 11) is 0.473. The molecule has 0 saturated heterocycles. The van der Waals surface area contributed by atoms with Crippen LogP contribution < -0.4 is 10.6 Å². The van der Waals surface area contributed by atoms with Crippen molar-refractivity contribution >= 4 is 45.7 Å². The van der Waals surface area contributed by atoms with Gasteiger partial charge in [-0.05, 0) is 38.0 Å². The zero-order valence-corrected chi connectivity index (χ0v) is 19.8. The molecule has 0 spiro atoms. The second-order valence-electron chi connectivity index (χ2n) is 6.56. The predicted molar refractivity (Wildman–Crippen MR) is 122 cm³/mol. The number of nitrogens with zero attached hydrogens (tertiary/aromatic N) is 2. The fourth-order valence-corrected chi connectivity index (χ4v) is 2.98. The van der Waals surface area contributed by atoms with Gasteiger partial charge in [0.05, 0.1) is 12.3 Å². The number of sulfone groups is 1. The lowest BCUT2D eigenvalue weighted by molar-refractivity contribution is 0.0827. The van der Waals surface area contributed by atoms with E-state index in [4.69, 9.17) is 0 Å². The second-order valence-corrected chi connectivity index (χ2v) is 8.82. The quantitative estimate of drug-likeness (QED) is 0.317. The standard InChI is InChI=1S/C18H30N4O3S.HI/c1-6-19-18(21-14(2)11-12-26(5,24)25)20-13-15-7-9-16(10-8-15)17(23)22(3)4;/h7-10,14H,6,11-13H2,1-5H3,(H2,19,20,21);1H. The molecule has 1 aromatic carbocycles. The maximum atomic E-state index is 11.9. The zero-order chi connectivity index (χ0) is 19.7. The Bertz CT molecular complexity index is 719. The van der Waals surface area contributed by atoms with Crippen molar-refractivity contribution < 1.29 is 13.2 Å². The molecule has 0 bridgehead atoms. The Morgan fingerprint density at radius 1 is 1.22 bits per heavy atom. The van der Waals surface area contributed by atoms with E-state index in [0.29, 0.717) is 31.0 Å². The van der Waals surface area contributed by atoms with Crippen molar-refractivity contribution in [2.45, 2.75) is 32.9 Å². The van der Waals surface area contributed by atoms with Gasteiger partial charge in [0, 0.05) is 38.5 Å². The number of amides is 1. The Morgan fingerprint density at radius 3 is 2.30 bits per heavy atom. The molecule has 2 N–H and O–H groups in total. The van der Waals surface area contributed by atoms with Crippen molar-refractivity contribution in [2.75, 3.05) is 32.6 Å². The number of rotatable bonds is 8. The minimum absolute atomic E-state index is 0.